The maximum absolute atomic E-state index is 13.1. The van der Waals surface area contributed by atoms with Crippen molar-refractivity contribution in [3.05, 3.63) is 87.7 Å². The summed E-state index contributed by atoms with van der Waals surface area (Å²) in [5.41, 5.74) is 7.68. The molecule has 6 aromatic rings. The molecule has 0 spiro atoms. The third kappa shape index (κ3) is 7.85. The molecular weight excluding hydrogens is 761 g/mol. The molecule has 1 unspecified atom stereocenters. The first kappa shape index (κ1) is 39.0. The van der Waals surface area contributed by atoms with Gasteiger partial charge in [0.15, 0.2) is 0 Å². The molecule has 13 heteroatoms. The number of piperidine rings is 1. The fourth-order valence-corrected chi connectivity index (χ4v) is 10.2. The SMILES string of the molecule is C[C@@H]1CNc2c(sc3ccc4nc(-c5cccc(N6CCN(CCCCCCCCc7ccc8c(c7)n(C)c(=O)n8C7CCC(=O)NC7=O)CC6)c5)ccc4c23)C(=O)N1. The molecule has 3 aliphatic rings. The molecule has 0 radical (unpaired) electrons. The van der Waals surface area contributed by atoms with Gasteiger partial charge in [0.05, 0.1) is 27.9 Å². The van der Waals surface area contributed by atoms with Crippen LogP contribution in [0.25, 0.3) is 43.3 Å². The van der Waals surface area contributed by atoms with E-state index in [4.69, 9.17) is 4.98 Å². The summed E-state index contributed by atoms with van der Waals surface area (Å²) >= 11 is 1.54. The molecule has 3 aromatic heterocycles. The van der Waals surface area contributed by atoms with Crippen LogP contribution in [0, 0.1) is 0 Å². The summed E-state index contributed by atoms with van der Waals surface area (Å²) in [6.07, 6.45) is 8.75. The van der Waals surface area contributed by atoms with Crippen molar-refractivity contribution in [1.29, 1.82) is 0 Å². The highest BCUT2D eigenvalue weighted by Crippen LogP contribution is 2.41. The Balaban J connectivity index is 0.719. The van der Waals surface area contributed by atoms with E-state index in [1.54, 1.807) is 16.2 Å². The van der Waals surface area contributed by atoms with E-state index in [2.05, 4.69) is 86.4 Å². The standard InChI is InChI=1S/C46H52N8O4S/c1-29-28-47-42-41-33-14-15-34(49-35(33)16-19-39(41)59-43(42)45(57)48-29)31-11-9-12-32(27-31)53-24-22-52(23-25-53)21-8-6-4-3-5-7-10-30-13-17-36-38(26-30)51(2)46(58)54(36)37-18-20-40(55)50-44(37)56/h9,11-17,19,26-27,29,37,47H,3-8,10,18,20-25,28H2,1-2H3,(H,48,57)(H,50,55,56)/t29-,37?/m1/s1. The molecule has 2 saturated heterocycles. The minimum Gasteiger partial charge on any atom is -0.381 e. The lowest BCUT2D eigenvalue weighted by Gasteiger charge is -2.36. The number of fused-ring (bicyclic) bond motifs is 6. The Hall–Kier alpha value is -5.53. The van der Waals surface area contributed by atoms with Gasteiger partial charge in [-0.25, -0.2) is 9.78 Å². The lowest BCUT2D eigenvalue weighted by atomic mass is 10.0. The predicted octanol–water partition coefficient (Wildman–Crippen LogP) is 7.00. The van der Waals surface area contributed by atoms with Gasteiger partial charge in [0.2, 0.25) is 11.8 Å². The lowest BCUT2D eigenvalue weighted by molar-refractivity contribution is -0.135. The first-order valence-corrected chi connectivity index (χ1v) is 22.1. The van der Waals surface area contributed by atoms with Crippen molar-refractivity contribution in [2.45, 2.75) is 76.8 Å². The molecule has 3 aromatic carbocycles. The van der Waals surface area contributed by atoms with Crippen molar-refractivity contribution in [3.63, 3.8) is 0 Å². The number of imide groups is 1. The van der Waals surface area contributed by atoms with Crippen LogP contribution in [0.5, 0.6) is 0 Å². The topological polar surface area (TPSA) is 134 Å². The van der Waals surface area contributed by atoms with Crippen LogP contribution in [0.1, 0.15) is 79.6 Å². The van der Waals surface area contributed by atoms with E-state index in [1.807, 2.05) is 13.0 Å². The van der Waals surface area contributed by atoms with Gasteiger partial charge in [0.1, 0.15) is 10.9 Å². The zero-order chi connectivity index (χ0) is 40.6. The molecule has 12 nitrogen and oxygen atoms in total. The summed E-state index contributed by atoms with van der Waals surface area (Å²) in [5.74, 6) is -0.700. The highest BCUT2D eigenvalue weighted by atomic mass is 32.1. The van der Waals surface area contributed by atoms with Crippen LogP contribution in [0.15, 0.2) is 71.5 Å². The average Bonchev–Trinajstić information content (AvgIpc) is 3.70. The van der Waals surface area contributed by atoms with Crippen molar-refractivity contribution in [1.82, 2.24) is 29.7 Å². The Kier molecular flexibility index (Phi) is 11.0. The van der Waals surface area contributed by atoms with Gasteiger partial charge < -0.3 is 15.5 Å². The summed E-state index contributed by atoms with van der Waals surface area (Å²) in [6, 6.07) is 22.7. The number of benzene rings is 3. The molecule has 3 N–H and O–H groups in total. The van der Waals surface area contributed by atoms with Gasteiger partial charge in [-0.15, -0.1) is 11.3 Å². The zero-order valence-corrected chi connectivity index (χ0v) is 34.7. The molecule has 2 atom stereocenters. The number of unbranched alkanes of at least 4 members (excludes halogenated alkanes) is 5. The van der Waals surface area contributed by atoms with E-state index in [0.717, 1.165) is 99.4 Å². The second kappa shape index (κ2) is 16.6. The molecular formula is C46H52N8O4S. The molecule has 6 heterocycles. The molecule has 59 heavy (non-hydrogen) atoms. The summed E-state index contributed by atoms with van der Waals surface area (Å²) in [6.45, 7) is 8.01. The van der Waals surface area contributed by atoms with Crippen LogP contribution in [0.3, 0.4) is 0 Å². The number of amides is 3. The number of imidazole rings is 1. The summed E-state index contributed by atoms with van der Waals surface area (Å²) < 4.78 is 4.25. The predicted molar refractivity (Wildman–Crippen MR) is 237 cm³/mol. The highest BCUT2D eigenvalue weighted by molar-refractivity contribution is 7.21. The van der Waals surface area contributed by atoms with Crippen LogP contribution in [-0.2, 0) is 23.1 Å². The average molecular weight is 813 g/mol. The minimum atomic E-state index is -0.657. The maximum atomic E-state index is 13.1. The fraction of sp³-hybridized carbons (Fsp3) is 0.413. The molecule has 2 fully saturated rings. The van der Waals surface area contributed by atoms with Gasteiger partial charge in [-0.1, -0.05) is 43.9 Å². The van der Waals surface area contributed by atoms with E-state index in [1.165, 1.54) is 54.7 Å². The number of anilines is 2. The van der Waals surface area contributed by atoms with Gasteiger partial charge >= 0.3 is 5.69 Å². The first-order valence-electron chi connectivity index (χ1n) is 21.2. The van der Waals surface area contributed by atoms with Gasteiger partial charge in [-0.2, -0.15) is 0 Å². The van der Waals surface area contributed by atoms with Gasteiger partial charge in [-0.05, 0) is 93.2 Å². The monoisotopic (exact) mass is 812 g/mol. The fourth-order valence-electron chi connectivity index (χ4n) is 9.14. The number of carbonyl (C=O) groups is 3. The van der Waals surface area contributed by atoms with Crippen molar-refractivity contribution in [2.24, 2.45) is 7.05 Å². The minimum absolute atomic E-state index is 0.0128. The number of rotatable bonds is 12. The number of thiophene rings is 1. The van der Waals surface area contributed by atoms with Crippen LogP contribution in [0.4, 0.5) is 11.4 Å². The van der Waals surface area contributed by atoms with Crippen LogP contribution < -0.4 is 26.5 Å². The largest absolute Gasteiger partial charge is 0.381 e. The quantitative estimate of drug-likeness (QED) is 0.0890. The number of nitrogens with zero attached hydrogens (tertiary/aromatic N) is 5. The van der Waals surface area contributed by atoms with E-state index in [-0.39, 0.29) is 30.0 Å². The zero-order valence-electron chi connectivity index (χ0n) is 33.9. The normalized spacial score (nSPS) is 18.9. The van der Waals surface area contributed by atoms with Crippen molar-refractivity contribution in [3.8, 4) is 11.3 Å². The Morgan fingerprint density at radius 3 is 2.49 bits per heavy atom. The maximum Gasteiger partial charge on any atom is 0.329 e. The van der Waals surface area contributed by atoms with Gasteiger partial charge in [0.25, 0.3) is 5.91 Å². The summed E-state index contributed by atoms with van der Waals surface area (Å²) in [4.78, 5) is 61.1. The van der Waals surface area contributed by atoms with Gasteiger partial charge in [0, 0.05) is 79.0 Å². The third-order valence-corrected chi connectivity index (χ3v) is 13.6. The Morgan fingerprint density at radius 1 is 0.847 bits per heavy atom. The highest BCUT2D eigenvalue weighted by Gasteiger charge is 2.31. The van der Waals surface area contributed by atoms with Crippen LogP contribution in [0.2, 0.25) is 0 Å². The van der Waals surface area contributed by atoms with E-state index in [9.17, 15) is 19.2 Å². The number of aromatic nitrogens is 3. The van der Waals surface area contributed by atoms with E-state index in [0.29, 0.717) is 13.0 Å². The second-order valence-corrected chi connectivity index (χ2v) is 17.6. The Labute approximate surface area is 347 Å². The number of hydrogen-bond acceptors (Lipinski definition) is 9. The third-order valence-electron chi connectivity index (χ3n) is 12.4. The van der Waals surface area contributed by atoms with Crippen LogP contribution >= 0.6 is 11.3 Å². The number of aryl methyl sites for hydroxylation is 2. The molecule has 9 rings (SSSR count). The molecule has 306 valence electrons. The van der Waals surface area contributed by atoms with E-state index >= 15 is 0 Å². The molecule has 0 aliphatic carbocycles. The lowest BCUT2D eigenvalue weighted by Crippen LogP contribution is -2.46. The number of hydrogen-bond donors (Lipinski definition) is 3. The number of carbonyl (C=O) groups excluding carboxylic acids is 3. The van der Waals surface area contributed by atoms with Crippen LogP contribution in [-0.4, -0.2) is 82.1 Å². The van der Waals surface area contributed by atoms with E-state index < -0.39 is 11.9 Å². The first-order chi connectivity index (χ1) is 28.7. The van der Waals surface area contributed by atoms with Crippen molar-refractivity contribution >= 4 is 72.5 Å². The Morgan fingerprint density at radius 2 is 1.66 bits per heavy atom. The molecule has 3 amide bonds. The molecule has 3 aliphatic heterocycles. The van der Waals surface area contributed by atoms with Crippen molar-refractivity contribution < 1.29 is 14.4 Å². The molecule has 0 bridgehead atoms. The summed E-state index contributed by atoms with van der Waals surface area (Å²) in [5, 5.41) is 11.1. The van der Waals surface area contributed by atoms with Gasteiger partial charge in [-0.3, -0.25) is 33.7 Å². The smallest absolute Gasteiger partial charge is 0.329 e. The van der Waals surface area contributed by atoms with Crippen molar-refractivity contribution in [2.75, 3.05) is 49.5 Å². The second-order valence-electron chi connectivity index (χ2n) is 16.5. The number of nitrogens with one attached hydrogen (secondary N) is 3. The Bertz CT molecular complexity index is 2640. The summed E-state index contributed by atoms with van der Waals surface area (Å²) in [7, 11) is 1.75. The number of piperazine rings is 1. The number of pyridine rings is 1. The molecule has 0 saturated carbocycles.